The molecule has 9 heteroatoms. The molecule has 0 aliphatic rings. The summed E-state index contributed by atoms with van der Waals surface area (Å²) in [5.74, 6) is 0.718. The SMILES string of the molecule is COc1ccc(Cc2nn3c(=O)/c(=C/c4cn(-c5ccccc5)nc4-c4ccc5ccccc5c4)sc3nc2=O)cc1. The number of methoxy groups -OCH3 is 1. The first-order chi connectivity index (χ1) is 20.6. The van der Waals surface area contributed by atoms with E-state index in [1.165, 1.54) is 4.52 Å². The van der Waals surface area contributed by atoms with Crippen molar-refractivity contribution in [2.45, 2.75) is 6.42 Å². The Balaban J connectivity index is 1.35. The molecule has 7 rings (SSSR count). The zero-order chi connectivity index (χ0) is 28.6. The Bertz CT molecular complexity index is 2250. The standard InChI is InChI=1S/C33H23N5O3S/c1-41-27-15-11-21(12-16-27)17-28-31(39)34-33-38(35-28)32(40)29(42-33)19-25-20-37(26-9-3-2-4-10-26)36-30(25)24-14-13-22-7-5-6-8-23(22)18-24/h2-16,18-20H,17H2,1H3/b29-19-. The summed E-state index contributed by atoms with van der Waals surface area (Å²) in [6, 6.07) is 31.5. The molecular weight excluding hydrogens is 546 g/mol. The summed E-state index contributed by atoms with van der Waals surface area (Å²) in [7, 11) is 1.60. The van der Waals surface area contributed by atoms with Gasteiger partial charge in [0.25, 0.3) is 11.1 Å². The molecule has 0 fully saturated rings. The van der Waals surface area contributed by atoms with Crippen LogP contribution in [0.4, 0.5) is 0 Å². The van der Waals surface area contributed by atoms with Crippen LogP contribution >= 0.6 is 11.3 Å². The fraction of sp³-hybridized carbons (Fsp3) is 0.0606. The number of hydrogen-bond donors (Lipinski definition) is 0. The maximum absolute atomic E-state index is 13.5. The summed E-state index contributed by atoms with van der Waals surface area (Å²) in [4.78, 5) is 30.8. The van der Waals surface area contributed by atoms with Crippen molar-refractivity contribution >= 4 is 33.1 Å². The van der Waals surface area contributed by atoms with Gasteiger partial charge in [0, 0.05) is 23.7 Å². The number of ether oxygens (including phenoxy) is 1. The van der Waals surface area contributed by atoms with Crippen LogP contribution in [-0.4, -0.2) is 31.5 Å². The second kappa shape index (κ2) is 10.5. The van der Waals surface area contributed by atoms with Crippen molar-refractivity contribution in [3.05, 3.63) is 145 Å². The second-order valence-corrected chi connectivity index (χ2v) is 10.8. The van der Waals surface area contributed by atoms with Crippen molar-refractivity contribution in [2.75, 3.05) is 7.11 Å². The lowest BCUT2D eigenvalue weighted by Crippen LogP contribution is -2.28. The van der Waals surface area contributed by atoms with E-state index in [2.05, 4.69) is 34.3 Å². The summed E-state index contributed by atoms with van der Waals surface area (Å²) in [5.41, 5.74) is 3.60. The van der Waals surface area contributed by atoms with Crippen molar-refractivity contribution in [2.24, 2.45) is 0 Å². The number of aromatic nitrogens is 5. The summed E-state index contributed by atoms with van der Waals surface area (Å²) >= 11 is 1.13. The zero-order valence-corrected chi connectivity index (χ0v) is 23.3. The third kappa shape index (κ3) is 4.76. The molecule has 7 aromatic rings. The van der Waals surface area contributed by atoms with Gasteiger partial charge in [0.2, 0.25) is 4.96 Å². The highest BCUT2D eigenvalue weighted by molar-refractivity contribution is 7.15. The maximum Gasteiger partial charge on any atom is 0.296 e. The van der Waals surface area contributed by atoms with Gasteiger partial charge in [-0.25, -0.2) is 4.68 Å². The molecule has 42 heavy (non-hydrogen) atoms. The molecule has 204 valence electrons. The summed E-state index contributed by atoms with van der Waals surface area (Å²) in [6.45, 7) is 0. The van der Waals surface area contributed by atoms with Gasteiger partial charge in [0.05, 0.1) is 17.3 Å². The number of thiazole rings is 1. The van der Waals surface area contributed by atoms with Crippen LogP contribution < -0.4 is 20.4 Å². The number of fused-ring (bicyclic) bond motifs is 2. The van der Waals surface area contributed by atoms with Crippen LogP contribution in [0.3, 0.4) is 0 Å². The lowest BCUT2D eigenvalue weighted by atomic mass is 10.0. The van der Waals surface area contributed by atoms with E-state index in [1.807, 2.05) is 79.0 Å². The lowest BCUT2D eigenvalue weighted by Gasteiger charge is -2.03. The molecule has 0 unspecified atom stereocenters. The zero-order valence-electron chi connectivity index (χ0n) is 22.5. The maximum atomic E-state index is 13.5. The topological polar surface area (TPSA) is 91.4 Å². The molecule has 8 nitrogen and oxygen atoms in total. The predicted octanol–water partition coefficient (Wildman–Crippen LogP) is 4.66. The Labute approximate surface area is 243 Å². The number of para-hydroxylation sites is 1. The van der Waals surface area contributed by atoms with Gasteiger partial charge in [-0.05, 0) is 52.7 Å². The van der Waals surface area contributed by atoms with Gasteiger partial charge < -0.3 is 4.74 Å². The van der Waals surface area contributed by atoms with E-state index in [1.54, 1.807) is 17.9 Å². The monoisotopic (exact) mass is 569 g/mol. The molecule has 0 aliphatic heterocycles. The highest BCUT2D eigenvalue weighted by Gasteiger charge is 2.15. The summed E-state index contributed by atoms with van der Waals surface area (Å²) in [6.07, 6.45) is 3.96. The first-order valence-corrected chi connectivity index (χ1v) is 14.1. The van der Waals surface area contributed by atoms with Gasteiger partial charge in [-0.2, -0.15) is 19.7 Å². The minimum Gasteiger partial charge on any atom is -0.497 e. The normalized spacial score (nSPS) is 11.9. The Morgan fingerprint density at radius 2 is 1.62 bits per heavy atom. The highest BCUT2D eigenvalue weighted by Crippen LogP contribution is 2.28. The molecule has 0 bridgehead atoms. The number of nitrogens with zero attached hydrogens (tertiary/aromatic N) is 5. The minimum absolute atomic E-state index is 0.202. The van der Waals surface area contributed by atoms with E-state index in [9.17, 15) is 9.59 Å². The number of hydrogen-bond acceptors (Lipinski definition) is 7. The van der Waals surface area contributed by atoms with Crippen molar-refractivity contribution in [1.29, 1.82) is 0 Å². The quantitative estimate of drug-likeness (QED) is 0.289. The molecule has 0 spiro atoms. The summed E-state index contributed by atoms with van der Waals surface area (Å²) < 4.78 is 8.64. The highest BCUT2D eigenvalue weighted by atomic mass is 32.1. The van der Waals surface area contributed by atoms with Crippen molar-refractivity contribution in [3.8, 4) is 22.7 Å². The Morgan fingerprint density at radius 1 is 0.857 bits per heavy atom. The van der Waals surface area contributed by atoms with Crippen molar-refractivity contribution in [3.63, 3.8) is 0 Å². The van der Waals surface area contributed by atoms with Gasteiger partial charge in [-0.1, -0.05) is 78.1 Å². The van der Waals surface area contributed by atoms with E-state index in [4.69, 9.17) is 9.84 Å². The Kier molecular flexibility index (Phi) is 6.41. The van der Waals surface area contributed by atoms with Gasteiger partial charge in [-0.3, -0.25) is 9.59 Å². The number of rotatable bonds is 6. The van der Waals surface area contributed by atoms with Crippen LogP contribution in [0.15, 0.2) is 113 Å². The van der Waals surface area contributed by atoms with E-state index in [0.29, 0.717) is 4.53 Å². The average Bonchev–Trinajstić information content (AvgIpc) is 3.58. The fourth-order valence-electron chi connectivity index (χ4n) is 4.90. The van der Waals surface area contributed by atoms with Crippen LogP contribution in [0.2, 0.25) is 0 Å². The molecule has 0 saturated heterocycles. The molecule has 0 N–H and O–H groups in total. The lowest BCUT2D eigenvalue weighted by molar-refractivity contribution is 0.414. The van der Waals surface area contributed by atoms with Crippen LogP contribution in [-0.2, 0) is 6.42 Å². The van der Waals surface area contributed by atoms with Crippen LogP contribution in [0.25, 0.3) is 38.8 Å². The first kappa shape index (κ1) is 25.6. The fourth-order valence-corrected chi connectivity index (χ4v) is 5.79. The van der Waals surface area contributed by atoms with E-state index >= 15 is 0 Å². The van der Waals surface area contributed by atoms with Gasteiger partial charge >= 0.3 is 0 Å². The van der Waals surface area contributed by atoms with Gasteiger partial charge in [0.1, 0.15) is 17.1 Å². The minimum atomic E-state index is -0.452. The molecule has 0 aliphatic carbocycles. The second-order valence-electron chi connectivity index (χ2n) is 9.77. The Morgan fingerprint density at radius 3 is 2.40 bits per heavy atom. The predicted molar refractivity (Wildman–Crippen MR) is 164 cm³/mol. The van der Waals surface area contributed by atoms with Crippen molar-refractivity contribution < 1.29 is 4.74 Å². The molecule has 0 amide bonds. The molecule has 0 atom stereocenters. The average molecular weight is 570 g/mol. The third-order valence-electron chi connectivity index (χ3n) is 7.05. The van der Waals surface area contributed by atoms with E-state index < -0.39 is 5.56 Å². The van der Waals surface area contributed by atoms with Crippen molar-refractivity contribution in [1.82, 2.24) is 24.4 Å². The van der Waals surface area contributed by atoms with Crippen LogP contribution in [0, 0.1) is 0 Å². The largest absolute Gasteiger partial charge is 0.497 e. The summed E-state index contributed by atoms with van der Waals surface area (Å²) in [5, 5.41) is 11.6. The van der Waals surface area contributed by atoms with Crippen LogP contribution in [0.1, 0.15) is 16.8 Å². The smallest absolute Gasteiger partial charge is 0.296 e. The molecule has 0 radical (unpaired) electrons. The van der Waals surface area contributed by atoms with Crippen LogP contribution in [0.5, 0.6) is 5.75 Å². The molecule has 3 heterocycles. The van der Waals surface area contributed by atoms with Gasteiger partial charge in [-0.15, -0.1) is 0 Å². The number of benzene rings is 4. The van der Waals surface area contributed by atoms with E-state index in [0.717, 1.165) is 55.9 Å². The first-order valence-electron chi connectivity index (χ1n) is 13.3. The molecule has 3 aromatic heterocycles. The molecule has 4 aromatic carbocycles. The third-order valence-corrected chi connectivity index (χ3v) is 8.01. The molecular formula is C33H23N5O3S. The van der Waals surface area contributed by atoms with E-state index in [-0.39, 0.29) is 22.6 Å². The Hall–Kier alpha value is -5.41. The molecule has 0 saturated carbocycles. The van der Waals surface area contributed by atoms with Gasteiger partial charge in [0.15, 0.2) is 0 Å².